The first-order chi connectivity index (χ1) is 5.56. The highest BCUT2D eigenvalue weighted by molar-refractivity contribution is 7.51. The molecule has 0 saturated heterocycles. The third-order valence-electron chi connectivity index (χ3n) is 1.37. The summed E-state index contributed by atoms with van der Waals surface area (Å²) in [6, 6.07) is 0. The molecule has 0 saturated carbocycles. The zero-order valence-electron chi connectivity index (χ0n) is 7.07. The van der Waals surface area contributed by atoms with E-state index in [0.717, 1.165) is 19.5 Å². The van der Waals surface area contributed by atoms with Crippen molar-refractivity contribution in [3.05, 3.63) is 0 Å². The second-order valence-electron chi connectivity index (χ2n) is 2.63. The second kappa shape index (κ2) is 6.57. The van der Waals surface area contributed by atoms with E-state index in [-0.39, 0.29) is 6.16 Å². The van der Waals surface area contributed by atoms with E-state index in [0.29, 0.717) is 13.0 Å². The van der Waals surface area contributed by atoms with Crippen LogP contribution in [0.4, 0.5) is 0 Å². The molecule has 74 valence electrons. The van der Waals surface area contributed by atoms with Crippen LogP contribution in [0, 0.1) is 0 Å². The van der Waals surface area contributed by atoms with Crippen molar-refractivity contribution in [2.75, 3.05) is 25.8 Å². The van der Waals surface area contributed by atoms with Crippen LogP contribution in [0.2, 0.25) is 0 Å². The molecule has 0 bridgehead atoms. The van der Waals surface area contributed by atoms with Gasteiger partial charge in [0.05, 0.1) is 0 Å². The van der Waals surface area contributed by atoms with Crippen LogP contribution in [0.3, 0.4) is 0 Å². The highest BCUT2D eigenvalue weighted by Gasteiger charge is 2.10. The molecule has 0 unspecified atom stereocenters. The lowest BCUT2D eigenvalue weighted by Gasteiger charge is -2.04. The van der Waals surface area contributed by atoms with Gasteiger partial charge in [0.2, 0.25) is 0 Å². The summed E-state index contributed by atoms with van der Waals surface area (Å²) < 4.78 is 10.4. The van der Waals surface area contributed by atoms with Gasteiger partial charge in [0.15, 0.2) is 0 Å². The molecule has 0 aliphatic rings. The summed E-state index contributed by atoms with van der Waals surface area (Å²) in [4.78, 5) is 17.0. The summed E-state index contributed by atoms with van der Waals surface area (Å²) in [6.45, 7) is 2.13. The summed E-state index contributed by atoms with van der Waals surface area (Å²) in [7, 11) is -3.77. The van der Waals surface area contributed by atoms with Crippen LogP contribution in [0.25, 0.3) is 0 Å². The molecule has 0 aromatic rings. The van der Waals surface area contributed by atoms with Gasteiger partial charge in [-0.05, 0) is 19.4 Å². The van der Waals surface area contributed by atoms with E-state index >= 15 is 0 Å². The molecule has 0 aromatic carbocycles. The third kappa shape index (κ3) is 10.1. The molecule has 0 aromatic heterocycles. The smallest absolute Gasteiger partial charge is 0.325 e. The number of hydrogen-bond donors (Lipinski definition) is 4. The first kappa shape index (κ1) is 12.1. The van der Waals surface area contributed by atoms with Gasteiger partial charge in [-0.15, -0.1) is 0 Å². The maximum Gasteiger partial charge on any atom is 0.325 e. The number of nitrogens with one attached hydrogen (secondary N) is 1. The molecule has 0 aliphatic carbocycles. The minimum absolute atomic E-state index is 0.0166. The van der Waals surface area contributed by atoms with Crippen molar-refractivity contribution in [2.45, 2.75) is 12.8 Å². The fourth-order valence-electron chi connectivity index (χ4n) is 0.795. The van der Waals surface area contributed by atoms with Crippen LogP contribution in [-0.2, 0) is 4.57 Å². The Morgan fingerprint density at radius 2 is 1.92 bits per heavy atom. The number of unbranched alkanes of at least 4 members (excludes halogenated alkanes) is 1. The lowest BCUT2D eigenvalue weighted by atomic mass is 10.3. The number of hydrogen-bond acceptors (Lipinski definition) is 3. The first-order valence-electron chi connectivity index (χ1n) is 4.01. The van der Waals surface area contributed by atoms with Crippen LogP contribution in [-0.4, -0.2) is 35.6 Å². The average Bonchev–Trinajstić information content (AvgIpc) is 1.94. The van der Waals surface area contributed by atoms with Crippen molar-refractivity contribution in [1.29, 1.82) is 0 Å². The van der Waals surface area contributed by atoms with Crippen molar-refractivity contribution in [3.63, 3.8) is 0 Å². The molecule has 0 aliphatic heterocycles. The summed E-state index contributed by atoms with van der Waals surface area (Å²) in [6.07, 6.45) is 1.32. The lowest BCUT2D eigenvalue weighted by molar-refractivity contribution is 0.371. The predicted molar refractivity (Wildman–Crippen MR) is 48.1 cm³/mol. The van der Waals surface area contributed by atoms with Gasteiger partial charge in [0, 0.05) is 19.3 Å². The van der Waals surface area contributed by atoms with Gasteiger partial charge in [-0.2, -0.15) is 0 Å². The zero-order chi connectivity index (χ0) is 9.45. The Kier molecular flexibility index (Phi) is 6.61. The quantitative estimate of drug-likeness (QED) is 0.325. The van der Waals surface area contributed by atoms with Gasteiger partial charge in [0.1, 0.15) is 0 Å². The molecular formula is C6H17N2O3P. The Balaban J connectivity index is 3.06. The molecule has 5 N–H and O–H groups in total. The molecule has 5 nitrogen and oxygen atoms in total. The highest BCUT2D eigenvalue weighted by Crippen LogP contribution is 2.35. The summed E-state index contributed by atoms with van der Waals surface area (Å²) in [5, 5.41) is 3.04. The van der Waals surface area contributed by atoms with Crippen molar-refractivity contribution in [1.82, 2.24) is 5.32 Å². The van der Waals surface area contributed by atoms with Gasteiger partial charge in [-0.1, -0.05) is 0 Å². The molecule has 0 atom stereocenters. The first-order valence-corrected chi connectivity index (χ1v) is 5.81. The Bertz CT molecular complexity index is 148. The van der Waals surface area contributed by atoms with E-state index in [2.05, 4.69) is 5.32 Å². The normalized spacial score (nSPS) is 11.9. The number of rotatable bonds is 7. The minimum atomic E-state index is -3.77. The summed E-state index contributed by atoms with van der Waals surface area (Å²) >= 11 is 0. The zero-order valence-corrected chi connectivity index (χ0v) is 7.96. The fraction of sp³-hybridized carbons (Fsp3) is 1.00. The van der Waals surface area contributed by atoms with E-state index in [1.807, 2.05) is 0 Å². The third-order valence-corrected chi connectivity index (χ3v) is 2.27. The lowest BCUT2D eigenvalue weighted by Crippen LogP contribution is -2.23. The van der Waals surface area contributed by atoms with Crippen LogP contribution in [0.15, 0.2) is 0 Å². The van der Waals surface area contributed by atoms with Crippen LogP contribution in [0.1, 0.15) is 12.8 Å². The molecular weight excluding hydrogens is 179 g/mol. The average molecular weight is 196 g/mol. The van der Waals surface area contributed by atoms with E-state index in [1.54, 1.807) is 0 Å². The van der Waals surface area contributed by atoms with Gasteiger partial charge in [0.25, 0.3) is 0 Å². The molecule has 12 heavy (non-hydrogen) atoms. The van der Waals surface area contributed by atoms with Gasteiger partial charge in [-0.25, -0.2) is 0 Å². The van der Waals surface area contributed by atoms with Gasteiger partial charge in [-0.3, -0.25) is 4.57 Å². The Morgan fingerprint density at radius 1 is 1.25 bits per heavy atom. The monoisotopic (exact) mass is 196 g/mol. The van der Waals surface area contributed by atoms with E-state index in [9.17, 15) is 4.57 Å². The van der Waals surface area contributed by atoms with Crippen LogP contribution >= 0.6 is 7.60 Å². The largest absolute Gasteiger partial charge is 0.329 e. The Labute approximate surface area is 72.5 Å². The topological polar surface area (TPSA) is 95.6 Å². The van der Waals surface area contributed by atoms with Crippen molar-refractivity contribution in [3.8, 4) is 0 Å². The molecule has 0 radical (unpaired) electrons. The van der Waals surface area contributed by atoms with Crippen molar-refractivity contribution >= 4 is 7.60 Å². The maximum atomic E-state index is 10.4. The standard InChI is InChI=1S/C6H17N2O3P/c7-3-5-8-4-1-2-6-12(9,10)11/h8H,1-7H2,(H2,9,10,11). The van der Waals surface area contributed by atoms with E-state index in [4.69, 9.17) is 15.5 Å². The molecule has 0 spiro atoms. The van der Waals surface area contributed by atoms with Crippen LogP contribution in [0.5, 0.6) is 0 Å². The predicted octanol–water partition coefficient (Wildman–Crippen LogP) is -0.507. The van der Waals surface area contributed by atoms with E-state index in [1.165, 1.54) is 0 Å². The van der Waals surface area contributed by atoms with Crippen LogP contribution < -0.4 is 11.1 Å². The minimum Gasteiger partial charge on any atom is -0.329 e. The fourth-order valence-corrected chi connectivity index (χ4v) is 1.43. The molecule has 6 heteroatoms. The van der Waals surface area contributed by atoms with Gasteiger partial charge < -0.3 is 20.8 Å². The molecule has 0 rings (SSSR count). The summed E-state index contributed by atoms with van der Waals surface area (Å²) in [5.41, 5.74) is 5.23. The van der Waals surface area contributed by atoms with Crippen molar-refractivity contribution < 1.29 is 14.4 Å². The Hall–Kier alpha value is 0.0700. The maximum absolute atomic E-state index is 10.4. The van der Waals surface area contributed by atoms with E-state index < -0.39 is 7.60 Å². The molecule has 0 amide bonds. The molecule has 0 fully saturated rings. The second-order valence-corrected chi connectivity index (χ2v) is 4.41. The Morgan fingerprint density at radius 3 is 2.42 bits per heavy atom. The van der Waals surface area contributed by atoms with Crippen molar-refractivity contribution in [2.24, 2.45) is 5.73 Å². The van der Waals surface area contributed by atoms with Gasteiger partial charge >= 0.3 is 7.60 Å². The SMILES string of the molecule is NCCNCCCCP(=O)(O)O. The highest BCUT2D eigenvalue weighted by atomic mass is 31.2. The summed E-state index contributed by atoms with van der Waals surface area (Å²) in [5.74, 6) is 0. The number of nitrogens with two attached hydrogens (primary N) is 1. The molecule has 0 heterocycles.